The molecule has 128 valence electrons. The fourth-order valence-electron chi connectivity index (χ4n) is 3.33. The van der Waals surface area contributed by atoms with Crippen LogP contribution in [0.5, 0.6) is 0 Å². The minimum Gasteiger partial charge on any atom is -0.356 e. The van der Waals surface area contributed by atoms with Crippen LogP contribution in [0.3, 0.4) is 0 Å². The smallest absolute Gasteiger partial charge is 0.252 e. The fraction of sp³-hybridized carbons (Fsp3) is 0.643. The lowest BCUT2D eigenvalue weighted by molar-refractivity contribution is -0.121. The van der Waals surface area contributed by atoms with Crippen LogP contribution < -0.4 is 5.32 Å². The van der Waals surface area contributed by atoms with Crippen molar-refractivity contribution in [2.45, 2.75) is 29.0 Å². The minimum atomic E-state index is -3.53. The van der Waals surface area contributed by atoms with E-state index in [2.05, 4.69) is 10.2 Å². The average molecular weight is 378 g/mol. The van der Waals surface area contributed by atoms with Gasteiger partial charge in [-0.2, -0.15) is 4.31 Å². The van der Waals surface area contributed by atoms with E-state index in [0.717, 1.165) is 17.8 Å². The number of halogens is 1. The summed E-state index contributed by atoms with van der Waals surface area (Å²) in [5.41, 5.74) is -0.286. The van der Waals surface area contributed by atoms with Gasteiger partial charge in [0, 0.05) is 38.1 Å². The highest BCUT2D eigenvalue weighted by atomic mass is 35.5. The SMILES string of the molecule is CN1CCN(S(=O)(=O)c2ccc(Cl)s2)C[C@@]12CCNC(=O)CC2. The van der Waals surface area contributed by atoms with Gasteiger partial charge in [0.25, 0.3) is 10.0 Å². The van der Waals surface area contributed by atoms with Crippen LogP contribution in [0, 0.1) is 0 Å². The summed E-state index contributed by atoms with van der Waals surface area (Å²) < 4.78 is 28.0. The standard InChI is InChI=1S/C14H20ClN3O3S2/c1-17-8-9-18(23(20,21)13-3-2-11(15)22-13)10-14(17)5-4-12(19)16-7-6-14/h2-3H,4-10H2,1H3,(H,16,19)/t14-/m1/s1. The van der Waals surface area contributed by atoms with E-state index >= 15 is 0 Å². The van der Waals surface area contributed by atoms with E-state index in [1.54, 1.807) is 16.4 Å². The van der Waals surface area contributed by atoms with E-state index in [1.807, 2.05) is 7.05 Å². The maximum atomic E-state index is 12.9. The summed E-state index contributed by atoms with van der Waals surface area (Å²) in [5, 5.41) is 2.88. The van der Waals surface area contributed by atoms with Crippen molar-refractivity contribution in [1.82, 2.24) is 14.5 Å². The van der Waals surface area contributed by atoms with Crippen LogP contribution >= 0.6 is 22.9 Å². The summed E-state index contributed by atoms with van der Waals surface area (Å²) in [6, 6.07) is 3.17. The molecule has 0 unspecified atom stereocenters. The van der Waals surface area contributed by atoms with Crippen molar-refractivity contribution in [2.75, 3.05) is 33.2 Å². The van der Waals surface area contributed by atoms with Gasteiger partial charge in [0.1, 0.15) is 4.21 Å². The molecule has 2 saturated heterocycles. The van der Waals surface area contributed by atoms with Crippen molar-refractivity contribution in [3.8, 4) is 0 Å². The van der Waals surface area contributed by atoms with Gasteiger partial charge in [-0.1, -0.05) is 11.6 Å². The zero-order chi connectivity index (χ0) is 16.7. The van der Waals surface area contributed by atoms with Gasteiger partial charge in [-0.15, -0.1) is 11.3 Å². The van der Waals surface area contributed by atoms with E-state index in [-0.39, 0.29) is 15.7 Å². The highest BCUT2D eigenvalue weighted by molar-refractivity contribution is 7.91. The highest BCUT2D eigenvalue weighted by Gasteiger charge is 2.44. The number of hydrogen-bond donors (Lipinski definition) is 1. The number of rotatable bonds is 2. The molecule has 0 bridgehead atoms. The predicted octanol–water partition coefficient (Wildman–Crippen LogP) is 1.38. The first-order chi connectivity index (χ1) is 10.8. The van der Waals surface area contributed by atoms with Crippen LogP contribution in [0.1, 0.15) is 19.3 Å². The summed E-state index contributed by atoms with van der Waals surface area (Å²) in [4.78, 5) is 13.9. The van der Waals surface area contributed by atoms with Crippen LogP contribution in [0.4, 0.5) is 0 Å². The van der Waals surface area contributed by atoms with E-state index in [9.17, 15) is 13.2 Å². The molecule has 3 rings (SSSR count). The minimum absolute atomic E-state index is 0.0419. The number of likely N-dealkylation sites (N-methyl/N-ethyl adjacent to an activating group) is 1. The second-order valence-corrected chi connectivity index (χ2v) is 10.0. The Bertz CT molecular complexity index is 706. The highest BCUT2D eigenvalue weighted by Crippen LogP contribution is 2.34. The molecule has 2 aliphatic heterocycles. The van der Waals surface area contributed by atoms with E-state index < -0.39 is 10.0 Å². The fourth-order valence-corrected chi connectivity index (χ4v) is 6.48. The van der Waals surface area contributed by atoms with Crippen molar-refractivity contribution in [2.24, 2.45) is 0 Å². The van der Waals surface area contributed by atoms with Gasteiger partial charge in [-0.3, -0.25) is 9.69 Å². The predicted molar refractivity (Wildman–Crippen MR) is 90.3 cm³/mol. The zero-order valence-electron chi connectivity index (χ0n) is 12.9. The average Bonchev–Trinajstić information content (AvgIpc) is 2.86. The van der Waals surface area contributed by atoms with Crippen LogP contribution in [0.15, 0.2) is 16.3 Å². The van der Waals surface area contributed by atoms with E-state index in [1.165, 1.54) is 0 Å². The van der Waals surface area contributed by atoms with Gasteiger partial charge in [0.2, 0.25) is 5.91 Å². The molecule has 1 amide bonds. The third kappa shape index (κ3) is 3.28. The number of carbonyl (C=O) groups excluding carboxylic acids is 1. The van der Waals surface area contributed by atoms with Gasteiger partial charge in [-0.25, -0.2) is 8.42 Å². The molecule has 0 aliphatic carbocycles. The Morgan fingerprint density at radius 3 is 2.78 bits per heavy atom. The second kappa shape index (κ2) is 6.33. The summed E-state index contributed by atoms with van der Waals surface area (Å²) in [5.74, 6) is 0.0419. The molecule has 0 aromatic carbocycles. The zero-order valence-corrected chi connectivity index (χ0v) is 15.3. The summed E-state index contributed by atoms with van der Waals surface area (Å²) in [6.45, 7) is 2.11. The lowest BCUT2D eigenvalue weighted by Crippen LogP contribution is -2.62. The lowest BCUT2D eigenvalue weighted by Gasteiger charge is -2.48. The summed E-state index contributed by atoms with van der Waals surface area (Å²) in [7, 11) is -1.51. The molecule has 6 nitrogen and oxygen atoms in total. The molecule has 3 heterocycles. The van der Waals surface area contributed by atoms with E-state index in [0.29, 0.717) is 43.4 Å². The summed E-state index contributed by atoms with van der Waals surface area (Å²) in [6.07, 6.45) is 1.86. The monoisotopic (exact) mass is 377 g/mol. The Morgan fingerprint density at radius 2 is 2.09 bits per heavy atom. The molecule has 2 aliphatic rings. The van der Waals surface area contributed by atoms with Crippen LogP contribution in [0.2, 0.25) is 4.34 Å². The first-order valence-corrected chi connectivity index (χ1v) is 10.2. The molecular weight excluding hydrogens is 358 g/mol. The Balaban J connectivity index is 1.86. The Hall–Kier alpha value is -0.670. The number of nitrogens with zero attached hydrogens (tertiary/aromatic N) is 2. The molecule has 1 aromatic rings. The van der Waals surface area contributed by atoms with Crippen molar-refractivity contribution in [3.63, 3.8) is 0 Å². The molecule has 1 N–H and O–H groups in total. The quantitative estimate of drug-likeness (QED) is 0.845. The first kappa shape index (κ1) is 17.2. The van der Waals surface area contributed by atoms with Crippen LogP contribution in [-0.2, 0) is 14.8 Å². The van der Waals surface area contributed by atoms with Crippen LogP contribution in [0.25, 0.3) is 0 Å². The van der Waals surface area contributed by atoms with Gasteiger partial charge in [-0.05, 0) is 32.0 Å². The van der Waals surface area contributed by atoms with Gasteiger partial charge in [0.05, 0.1) is 4.34 Å². The third-order valence-electron chi connectivity index (χ3n) is 4.84. The summed E-state index contributed by atoms with van der Waals surface area (Å²) >= 11 is 6.97. The Kier molecular flexibility index (Phi) is 4.72. The molecule has 1 spiro atoms. The number of thiophene rings is 1. The van der Waals surface area contributed by atoms with Crippen LogP contribution in [-0.4, -0.2) is 62.3 Å². The molecule has 1 atom stereocenters. The molecule has 2 fully saturated rings. The number of carbonyl (C=O) groups is 1. The van der Waals surface area contributed by atoms with E-state index in [4.69, 9.17) is 11.6 Å². The third-order valence-corrected chi connectivity index (χ3v) is 8.38. The van der Waals surface area contributed by atoms with Gasteiger partial charge < -0.3 is 5.32 Å². The maximum absolute atomic E-state index is 12.9. The normalized spacial score (nSPS) is 27.8. The van der Waals surface area contributed by atoms with Crippen molar-refractivity contribution >= 4 is 38.9 Å². The molecule has 1 aromatic heterocycles. The van der Waals surface area contributed by atoms with Gasteiger partial charge in [0.15, 0.2) is 0 Å². The lowest BCUT2D eigenvalue weighted by atomic mass is 9.87. The molecule has 0 saturated carbocycles. The largest absolute Gasteiger partial charge is 0.356 e. The number of sulfonamides is 1. The number of piperazine rings is 1. The molecule has 0 radical (unpaired) electrons. The van der Waals surface area contributed by atoms with Gasteiger partial charge >= 0.3 is 0 Å². The molecular formula is C14H20ClN3O3S2. The Labute approximate surface area is 145 Å². The number of hydrogen-bond acceptors (Lipinski definition) is 5. The number of amides is 1. The topological polar surface area (TPSA) is 69.7 Å². The molecule has 9 heteroatoms. The second-order valence-electron chi connectivity index (χ2n) is 6.14. The number of nitrogens with one attached hydrogen (secondary N) is 1. The van der Waals surface area contributed by atoms with Crippen molar-refractivity contribution in [1.29, 1.82) is 0 Å². The van der Waals surface area contributed by atoms with Crippen molar-refractivity contribution < 1.29 is 13.2 Å². The van der Waals surface area contributed by atoms with Crippen molar-refractivity contribution in [3.05, 3.63) is 16.5 Å². The Morgan fingerprint density at radius 1 is 1.30 bits per heavy atom. The maximum Gasteiger partial charge on any atom is 0.252 e. The molecule has 23 heavy (non-hydrogen) atoms. The first-order valence-electron chi connectivity index (χ1n) is 7.57.